The first-order chi connectivity index (χ1) is 16.1. The van der Waals surface area contributed by atoms with Crippen LogP contribution in [0.1, 0.15) is 23.2 Å². The van der Waals surface area contributed by atoms with Crippen LogP contribution in [-0.4, -0.2) is 53.9 Å². The number of methoxy groups -OCH3 is 2. The van der Waals surface area contributed by atoms with Crippen LogP contribution in [0.4, 0.5) is 5.82 Å². The van der Waals surface area contributed by atoms with Gasteiger partial charge in [0.1, 0.15) is 28.4 Å². The van der Waals surface area contributed by atoms with Gasteiger partial charge in [-0.2, -0.15) is 0 Å². The molecular weight excluding hydrogens is 422 g/mol. The first-order valence-corrected chi connectivity index (χ1v) is 10.8. The smallest absolute Gasteiger partial charge is 0.257 e. The van der Waals surface area contributed by atoms with E-state index in [9.17, 15) is 4.79 Å². The molecule has 0 aliphatic carbocycles. The van der Waals surface area contributed by atoms with Gasteiger partial charge in [0.15, 0.2) is 5.65 Å². The number of carbonyl (C=O) groups is 1. The number of nitrogens with zero attached hydrogens (tertiary/aromatic N) is 3. The summed E-state index contributed by atoms with van der Waals surface area (Å²) in [5, 5.41) is 2.96. The summed E-state index contributed by atoms with van der Waals surface area (Å²) in [5.41, 5.74) is 9.72. The van der Waals surface area contributed by atoms with Gasteiger partial charge in [0, 0.05) is 19.2 Å². The number of rotatable bonds is 6. The molecule has 9 nitrogen and oxygen atoms in total. The largest absolute Gasteiger partial charge is 0.497 e. The number of aromatic nitrogens is 3. The molecule has 0 saturated carbocycles. The molecule has 0 bridgehead atoms. The number of fused-ring (bicyclic) bond motifs is 2. The molecule has 1 amide bonds. The van der Waals surface area contributed by atoms with Gasteiger partial charge in [0.2, 0.25) is 0 Å². The van der Waals surface area contributed by atoms with Crippen molar-refractivity contribution in [2.75, 3.05) is 33.1 Å². The summed E-state index contributed by atoms with van der Waals surface area (Å²) < 4.78 is 18.3. The molecule has 1 saturated heterocycles. The van der Waals surface area contributed by atoms with Crippen LogP contribution in [0.2, 0.25) is 0 Å². The van der Waals surface area contributed by atoms with E-state index < -0.39 is 0 Å². The average molecular weight is 447 g/mol. The fourth-order valence-corrected chi connectivity index (χ4v) is 4.20. The zero-order valence-corrected chi connectivity index (χ0v) is 18.5. The lowest BCUT2D eigenvalue weighted by Gasteiger charge is -2.14. The number of para-hydroxylation sites is 2. The molecule has 2 aromatic heterocycles. The number of ether oxygens (including phenoxy) is 3. The van der Waals surface area contributed by atoms with E-state index in [-0.39, 0.29) is 23.4 Å². The monoisotopic (exact) mass is 447 g/mol. The number of nitrogens with two attached hydrogens (primary N) is 1. The number of nitrogens with one attached hydrogen (secondary N) is 1. The summed E-state index contributed by atoms with van der Waals surface area (Å²) in [6, 6.07) is 12.9. The third kappa shape index (κ3) is 3.70. The molecule has 3 N–H and O–H groups in total. The second-order valence-corrected chi connectivity index (χ2v) is 7.86. The highest BCUT2D eigenvalue weighted by atomic mass is 16.5. The van der Waals surface area contributed by atoms with E-state index in [0.717, 1.165) is 19.4 Å². The molecule has 170 valence electrons. The van der Waals surface area contributed by atoms with Crippen molar-refractivity contribution in [2.45, 2.75) is 18.9 Å². The van der Waals surface area contributed by atoms with E-state index in [1.165, 1.54) is 0 Å². The van der Waals surface area contributed by atoms with Gasteiger partial charge >= 0.3 is 0 Å². The Labute approximate surface area is 190 Å². The second kappa shape index (κ2) is 8.59. The van der Waals surface area contributed by atoms with Crippen LogP contribution in [0.3, 0.4) is 0 Å². The Balaban J connectivity index is 1.71. The third-order valence-corrected chi connectivity index (χ3v) is 5.87. The van der Waals surface area contributed by atoms with Crippen molar-refractivity contribution in [3.8, 4) is 17.2 Å². The minimum Gasteiger partial charge on any atom is -0.497 e. The van der Waals surface area contributed by atoms with Gasteiger partial charge in [0.05, 0.1) is 37.0 Å². The summed E-state index contributed by atoms with van der Waals surface area (Å²) >= 11 is 0. The lowest BCUT2D eigenvalue weighted by atomic mass is 10.2. The van der Waals surface area contributed by atoms with E-state index >= 15 is 0 Å². The van der Waals surface area contributed by atoms with Gasteiger partial charge in [-0.1, -0.05) is 12.1 Å². The molecule has 5 rings (SSSR count). The lowest BCUT2D eigenvalue weighted by molar-refractivity contribution is 0.0859. The summed E-state index contributed by atoms with van der Waals surface area (Å²) in [5.74, 6) is 1.07. The molecule has 0 radical (unpaired) electrons. The molecule has 9 heteroatoms. The Morgan fingerprint density at radius 3 is 2.67 bits per heavy atom. The van der Waals surface area contributed by atoms with Crippen LogP contribution in [0, 0.1) is 0 Å². The number of nitrogen functional groups attached to an aromatic ring is 1. The molecule has 1 aliphatic rings. The Kier molecular flexibility index (Phi) is 5.47. The van der Waals surface area contributed by atoms with Crippen LogP contribution in [0.25, 0.3) is 27.9 Å². The van der Waals surface area contributed by atoms with Crippen LogP contribution in [-0.2, 0) is 4.74 Å². The molecule has 0 spiro atoms. The zero-order valence-electron chi connectivity index (χ0n) is 18.5. The summed E-state index contributed by atoms with van der Waals surface area (Å²) in [7, 11) is 3.16. The Bertz CT molecular complexity index is 1340. The summed E-state index contributed by atoms with van der Waals surface area (Å²) in [6.45, 7) is 1.13. The number of hydrogen-bond acceptors (Lipinski definition) is 7. The number of amides is 1. The van der Waals surface area contributed by atoms with Crippen LogP contribution >= 0.6 is 0 Å². The highest BCUT2D eigenvalue weighted by Gasteiger charge is 2.27. The number of hydrogen-bond donors (Lipinski definition) is 2. The average Bonchev–Trinajstić information content (AvgIpc) is 3.46. The van der Waals surface area contributed by atoms with Gasteiger partial charge in [-0.3, -0.25) is 9.36 Å². The lowest BCUT2D eigenvalue weighted by Crippen LogP contribution is -2.32. The predicted octanol–water partition coefficient (Wildman–Crippen LogP) is 3.08. The molecule has 2 aromatic carbocycles. The standard InChI is InChI=1S/C24H25N5O4/c1-31-14-9-10-19(32-2)18(12-14)29-22(25)20(24(30)26-13-15-6-5-11-33-15)21-23(29)28-17-8-4-3-7-16(17)27-21/h3-4,7-10,12,15H,5-6,11,13,25H2,1-2H3,(H,26,30)/t15-/m0/s1. The molecular formula is C24H25N5O4. The minimum atomic E-state index is -0.321. The topological polar surface area (TPSA) is 114 Å². The molecule has 4 aromatic rings. The maximum absolute atomic E-state index is 13.3. The number of benzene rings is 2. The maximum Gasteiger partial charge on any atom is 0.257 e. The van der Waals surface area contributed by atoms with E-state index in [1.54, 1.807) is 37.0 Å². The van der Waals surface area contributed by atoms with Crippen molar-refractivity contribution < 1.29 is 19.0 Å². The molecule has 1 fully saturated rings. The maximum atomic E-state index is 13.3. The van der Waals surface area contributed by atoms with Gasteiger partial charge in [0.25, 0.3) is 5.91 Å². The summed E-state index contributed by atoms with van der Waals surface area (Å²) in [4.78, 5) is 22.9. The minimum absolute atomic E-state index is 0.00826. The van der Waals surface area contributed by atoms with Crippen molar-refractivity contribution in [2.24, 2.45) is 0 Å². The van der Waals surface area contributed by atoms with Crippen molar-refractivity contribution in [1.82, 2.24) is 19.9 Å². The van der Waals surface area contributed by atoms with Crippen LogP contribution in [0.5, 0.6) is 11.5 Å². The quantitative estimate of drug-likeness (QED) is 0.467. The predicted molar refractivity (Wildman–Crippen MR) is 125 cm³/mol. The number of carbonyl (C=O) groups excluding carboxylic acids is 1. The van der Waals surface area contributed by atoms with E-state index in [1.807, 2.05) is 24.3 Å². The van der Waals surface area contributed by atoms with Crippen molar-refractivity contribution in [3.63, 3.8) is 0 Å². The Morgan fingerprint density at radius 1 is 1.18 bits per heavy atom. The Morgan fingerprint density at radius 2 is 1.97 bits per heavy atom. The van der Waals surface area contributed by atoms with Gasteiger partial charge in [-0.15, -0.1) is 0 Å². The highest BCUT2D eigenvalue weighted by Crippen LogP contribution is 2.36. The second-order valence-electron chi connectivity index (χ2n) is 7.86. The highest BCUT2D eigenvalue weighted by molar-refractivity contribution is 6.11. The summed E-state index contributed by atoms with van der Waals surface area (Å²) in [6.07, 6.45) is 1.92. The molecule has 33 heavy (non-hydrogen) atoms. The molecule has 3 heterocycles. The molecule has 1 atom stereocenters. The van der Waals surface area contributed by atoms with Gasteiger partial charge in [-0.05, 0) is 37.1 Å². The Hall–Kier alpha value is -3.85. The molecule has 0 unspecified atom stereocenters. The fourth-order valence-electron chi connectivity index (χ4n) is 4.20. The fraction of sp³-hybridized carbons (Fsp3) is 0.292. The normalized spacial score (nSPS) is 15.8. The van der Waals surface area contributed by atoms with Crippen molar-refractivity contribution in [1.29, 1.82) is 0 Å². The van der Waals surface area contributed by atoms with Crippen molar-refractivity contribution >= 4 is 33.9 Å². The zero-order chi connectivity index (χ0) is 22.9. The van der Waals surface area contributed by atoms with Crippen LogP contribution < -0.4 is 20.5 Å². The van der Waals surface area contributed by atoms with E-state index in [0.29, 0.717) is 45.9 Å². The number of anilines is 1. The SMILES string of the molecule is COc1ccc(OC)c(-n2c(N)c(C(=O)NC[C@@H]3CCCO3)c3nc4ccccc4nc32)c1. The third-order valence-electron chi connectivity index (χ3n) is 5.87. The van der Waals surface area contributed by atoms with Crippen molar-refractivity contribution in [3.05, 3.63) is 48.0 Å². The van der Waals surface area contributed by atoms with E-state index in [2.05, 4.69) is 5.32 Å². The van der Waals surface area contributed by atoms with Gasteiger partial charge < -0.3 is 25.3 Å². The first-order valence-electron chi connectivity index (χ1n) is 10.8. The first kappa shape index (κ1) is 21.0. The van der Waals surface area contributed by atoms with E-state index in [4.69, 9.17) is 29.9 Å². The van der Waals surface area contributed by atoms with Gasteiger partial charge in [-0.25, -0.2) is 9.97 Å². The van der Waals surface area contributed by atoms with Crippen LogP contribution in [0.15, 0.2) is 42.5 Å². The molecule has 1 aliphatic heterocycles.